The van der Waals surface area contributed by atoms with E-state index in [9.17, 15) is 33.9 Å². The zero-order chi connectivity index (χ0) is 39.1. The average molecular weight is 738 g/mol. The van der Waals surface area contributed by atoms with Gasteiger partial charge in [0.15, 0.2) is 0 Å². The van der Waals surface area contributed by atoms with E-state index in [2.05, 4.69) is 26.6 Å². The first-order valence-corrected chi connectivity index (χ1v) is 16.9. The molecular weight excluding hydrogens is 690 g/mol. The number of hydrogen-bond acceptors (Lipinski definition) is 12. The van der Waals surface area contributed by atoms with E-state index >= 15 is 0 Å². The third-order valence-corrected chi connectivity index (χ3v) is 8.13. The Morgan fingerprint density at radius 3 is 2.25 bits per heavy atom. The number of likely N-dealkylation sites (N-methyl/N-ethyl adjacent to an activating group) is 1. The summed E-state index contributed by atoms with van der Waals surface area (Å²) in [5.41, 5.74) is 13.3. The Balaban J connectivity index is 2.18. The van der Waals surface area contributed by atoms with Gasteiger partial charge in [0.2, 0.25) is 35.4 Å². The number of ether oxygens (including phenoxy) is 2. The second-order valence-electron chi connectivity index (χ2n) is 12.1. The van der Waals surface area contributed by atoms with E-state index < -0.39 is 72.8 Å². The number of fused-ring (bicyclic) bond motifs is 5. The Bertz CT molecular complexity index is 1700. The number of carbonyl (C=O) groups excluding carboxylic acids is 6. The molecule has 0 saturated carbocycles. The van der Waals surface area contributed by atoms with Gasteiger partial charge in [-0.1, -0.05) is 12.1 Å². The normalized spacial score (nSPS) is 17.4. The predicted octanol–water partition coefficient (Wildman–Crippen LogP) is -2.28. The fraction of sp³-hybridized carbons (Fsp3) is 0.457. The van der Waals surface area contributed by atoms with E-state index in [1.165, 1.54) is 20.9 Å². The van der Waals surface area contributed by atoms with Crippen LogP contribution in [0.1, 0.15) is 37.4 Å². The van der Waals surface area contributed by atoms with Crippen LogP contribution in [0.5, 0.6) is 11.5 Å². The van der Waals surface area contributed by atoms with Crippen LogP contribution in [0.3, 0.4) is 0 Å². The van der Waals surface area contributed by atoms with Crippen LogP contribution in [0.4, 0.5) is 0 Å². The molecule has 0 unspecified atom stereocenters. The molecule has 0 saturated heterocycles. The van der Waals surface area contributed by atoms with Gasteiger partial charge in [-0.15, -0.1) is 0 Å². The number of hydrogen-bond donors (Lipinski definition) is 8. The maximum absolute atomic E-state index is 14.1. The van der Waals surface area contributed by atoms with E-state index in [1.54, 1.807) is 36.4 Å². The SMILES string of the molecule is CC(=O)N[C@@H](CCO)C(=O)NCC(=O)N(C)[C@@H]1C(=O)N[C@@H](C)C(=O)N[C@H](C(=O)NCC#N)Cc2ccc(OCCN)c(c2)-c2cc1ccc2OCCN. The van der Waals surface area contributed by atoms with E-state index in [4.69, 9.17) is 26.2 Å². The Kier molecular flexibility index (Phi) is 16.0. The van der Waals surface area contributed by atoms with Crippen molar-refractivity contribution in [3.8, 4) is 28.7 Å². The minimum atomic E-state index is -1.38. The fourth-order valence-electron chi connectivity index (χ4n) is 5.53. The molecule has 18 heteroatoms. The third kappa shape index (κ3) is 11.6. The maximum Gasteiger partial charge on any atom is 0.248 e. The Labute approximate surface area is 306 Å². The van der Waals surface area contributed by atoms with E-state index in [0.29, 0.717) is 33.8 Å². The number of nitrogens with one attached hydrogen (secondary N) is 5. The summed E-state index contributed by atoms with van der Waals surface area (Å²) in [7, 11) is 1.34. The molecule has 4 bridgehead atoms. The number of rotatable bonds is 15. The van der Waals surface area contributed by atoms with Gasteiger partial charge in [0, 0.05) is 51.2 Å². The minimum absolute atomic E-state index is 0.000792. The predicted molar refractivity (Wildman–Crippen MR) is 191 cm³/mol. The van der Waals surface area contributed by atoms with Crippen molar-refractivity contribution in [2.45, 2.75) is 50.9 Å². The van der Waals surface area contributed by atoms with Crippen LogP contribution in [0.25, 0.3) is 11.1 Å². The van der Waals surface area contributed by atoms with Gasteiger partial charge < -0.3 is 57.5 Å². The standard InChI is InChI=1S/C35H47N9O9/c1-20-32(48)43-27(34(50)39-12-9-36)17-22-4-6-28(52-14-10-37)24(16-22)25-18-23(5-7-29(25)53-15-11-38)31(35(51)41-20)44(3)30(47)19-40-33(49)26(8-13-45)42-21(2)46/h4-7,16,18,20,26-27,31,45H,8,10-15,17,19,37-38H2,1-3H3,(H,39,50)(H,40,49)(H,41,51)(H,42,46)(H,43,48)/t20-,26-,27-,31-/m0/s1. The van der Waals surface area contributed by atoms with Crippen LogP contribution in [0, 0.1) is 11.3 Å². The lowest BCUT2D eigenvalue weighted by Gasteiger charge is -2.30. The van der Waals surface area contributed by atoms with Crippen molar-refractivity contribution >= 4 is 35.4 Å². The van der Waals surface area contributed by atoms with Crippen LogP contribution in [0.2, 0.25) is 0 Å². The second kappa shape index (κ2) is 20.3. The lowest BCUT2D eigenvalue weighted by Crippen LogP contribution is -2.55. The van der Waals surface area contributed by atoms with Crippen LogP contribution in [-0.4, -0.2) is 117 Å². The number of aliphatic hydroxyl groups excluding tert-OH is 1. The first-order valence-electron chi connectivity index (χ1n) is 16.9. The summed E-state index contributed by atoms with van der Waals surface area (Å²) in [6.45, 7) is 1.98. The molecule has 3 rings (SSSR count). The molecule has 0 spiro atoms. The molecule has 0 aliphatic carbocycles. The largest absolute Gasteiger partial charge is 0.492 e. The van der Waals surface area contributed by atoms with Gasteiger partial charge in [0.1, 0.15) is 55.4 Å². The molecule has 1 heterocycles. The van der Waals surface area contributed by atoms with Crippen molar-refractivity contribution in [1.29, 1.82) is 5.26 Å². The Morgan fingerprint density at radius 1 is 1.00 bits per heavy atom. The average Bonchev–Trinajstić information content (AvgIpc) is 3.13. The molecule has 4 atom stereocenters. The molecular formula is C35H47N9O9. The highest BCUT2D eigenvalue weighted by molar-refractivity contribution is 5.96. The quantitative estimate of drug-likeness (QED) is 0.0898. The maximum atomic E-state index is 14.1. The molecule has 286 valence electrons. The Morgan fingerprint density at radius 2 is 1.64 bits per heavy atom. The van der Waals surface area contributed by atoms with Crippen molar-refractivity contribution in [1.82, 2.24) is 31.5 Å². The van der Waals surface area contributed by atoms with Crippen LogP contribution in [0.15, 0.2) is 36.4 Å². The molecule has 1 aliphatic rings. The number of aliphatic hydroxyl groups is 1. The summed E-state index contributed by atoms with van der Waals surface area (Å²) >= 11 is 0. The topological polar surface area (TPSA) is 280 Å². The van der Waals surface area contributed by atoms with E-state index in [-0.39, 0.29) is 45.7 Å². The number of nitrogens with zero attached hydrogens (tertiary/aromatic N) is 2. The van der Waals surface area contributed by atoms with Crippen LogP contribution >= 0.6 is 0 Å². The van der Waals surface area contributed by atoms with Crippen molar-refractivity contribution in [3.63, 3.8) is 0 Å². The van der Waals surface area contributed by atoms with Crippen LogP contribution < -0.4 is 47.5 Å². The van der Waals surface area contributed by atoms with Gasteiger partial charge >= 0.3 is 0 Å². The summed E-state index contributed by atoms with van der Waals surface area (Å²) in [4.78, 5) is 79.7. The molecule has 1 aliphatic heterocycles. The smallest absolute Gasteiger partial charge is 0.248 e. The monoisotopic (exact) mass is 737 g/mol. The van der Waals surface area contributed by atoms with Gasteiger partial charge in [-0.25, -0.2) is 0 Å². The van der Waals surface area contributed by atoms with Crippen molar-refractivity contribution in [2.75, 3.05) is 53.0 Å². The molecule has 0 aromatic heterocycles. The van der Waals surface area contributed by atoms with Crippen LogP contribution in [-0.2, 0) is 35.2 Å². The van der Waals surface area contributed by atoms with Gasteiger partial charge in [-0.2, -0.15) is 5.26 Å². The van der Waals surface area contributed by atoms with Crippen molar-refractivity contribution < 1.29 is 43.3 Å². The highest BCUT2D eigenvalue weighted by atomic mass is 16.5. The number of amides is 6. The van der Waals surface area contributed by atoms with Gasteiger partial charge in [0.25, 0.3) is 0 Å². The number of nitriles is 1. The van der Waals surface area contributed by atoms with E-state index in [1.807, 2.05) is 6.07 Å². The summed E-state index contributed by atoms with van der Waals surface area (Å²) in [6.07, 6.45) is -0.0972. The molecule has 2 aromatic carbocycles. The highest BCUT2D eigenvalue weighted by Crippen LogP contribution is 2.40. The summed E-state index contributed by atoms with van der Waals surface area (Å²) < 4.78 is 12.0. The molecule has 18 nitrogen and oxygen atoms in total. The Hall–Kier alpha value is -5.77. The summed E-state index contributed by atoms with van der Waals surface area (Å²) in [5, 5.41) is 31.0. The zero-order valence-electron chi connectivity index (χ0n) is 29.9. The number of carbonyl (C=O) groups is 6. The molecule has 53 heavy (non-hydrogen) atoms. The lowest BCUT2D eigenvalue weighted by atomic mass is 9.93. The number of benzene rings is 2. The molecule has 10 N–H and O–H groups in total. The van der Waals surface area contributed by atoms with Gasteiger partial charge in [-0.3, -0.25) is 28.8 Å². The van der Waals surface area contributed by atoms with Gasteiger partial charge in [-0.05, 0) is 48.7 Å². The van der Waals surface area contributed by atoms with E-state index in [0.717, 1.165) is 4.90 Å². The number of nitrogens with two attached hydrogens (primary N) is 2. The van der Waals surface area contributed by atoms with Crippen molar-refractivity contribution in [2.24, 2.45) is 11.5 Å². The summed E-state index contributed by atoms with van der Waals surface area (Å²) in [6, 6.07) is 6.94. The molecule has 2 aromatic rings. The molecule has 6 amide bonds. The molecule has 0 radical (unpaired) electrons. The summed E-state index contributed by atoms with van der Waals surface area (Å²) in [5.74, 6) is -3.32. The lowest BCUT2D eigenvalue weighted by molar-refractivity contribution is -0.140. The second-order valence-corrected chi connectivity index (χ2v) is 12.1. The highest BCUT2D eigenvalue weighted by Gasteiger charge is 2.34. The van der Waals surface area contributed by atoms with Gasteiger partial charge in [0.05, 0.1) is 12.6 Å². The molecule has 0 fully saturated rings. The third-order valence-electron chi connectivity index (χ3n) is 8.13. The zero-order valence-corrected chi connectivity index (χ0v) is 29.9. The first-order chi connectivity index (χ1) is 25.3. The fourth-order valence-corrected chi connectivity index (χ4v) is 5.53. The first kappa shape index (κ1) is 41.6. The minimum Gasteiger partial charge on any atom is -0.492 e. The van der Waals surface area contributed by atoms with Crippen molar-refractivity contribution in [3.05, 3.63) is 47.5 Å².